The number of amides is 2. The summed E-state index contributed by atoms with van der Waals surface area (Å²) in [6, 6.07) is 20.0. The first kappa shape index (κ1) is 20.4. The first-order valence-electron chi connectivity index (χ1n) is 10.0. The molecule has 2 amide bonds. The molecule has 1 aliphatic carbocycles. The highest BCUT2D eigenvalue weighted by atomic mass is 32.2. The van der Waals surface area contributed by atoms with Crippen LogP contribution in [0.25, 0.3) is 0 Å². The highest BCUT2D eigenvalue weighted by molar-refractivity contribution is 7.89. The summed E-state index contributed by atoms with van der Waals surface area (Å²) in [5.41, 5.74) is 2.39. The summed E-state index contributed by atoms with van der Waals surface area (Å²) in [6.45, 7) is 0. The van der Waals surface area contributed by atoms with Crippen LogP contribution in [-0.4, -0.2) is 26.5 Å². The van der Waals surface area contributed by atoms with Crippen LogP contribution in [0.2, 0.25) is 0 Å². The second-order valence-corrected chi connectivity index (χ2v) is 9.94. The van der Waals surface area contributed by atoms with Crippen molar-refractivity contribution in [1.29, 1.82) is 0 Å². The van der Waals surface area contributed by atoms with Crippen LogP contribution in [0.5, 0.6) is 0 Å². The lowest BCUT2D eigenvalue weighted by Gasteiger charge is -2.19. The Balaban J connectivity index is 1.55. The number of halogens is 1. The van der Waals surface area contributed by atoms with Crippen LogP contribution in [0.1, 0.15) is 33.8 Å². The third-order valence-electron chi connectivity index (χ3n) is 6.09. The average molecular weight is 450 g/mol. The largest absolute Gasteiger partial charge is 0.280 e. The molecule has 0 bridgehead atoms. The summed E-state index contributed by atoms with van der Waals surface area (Å²) in [5.74, 6) is -1.28. The normalized spacial score (nSPS) is 21.5. The quantitative estimate of drug-likeness (QED) is 0.658. The molecule has 0 radical (unpaired) electrons. The van der Waals surface area contributed by atoms with Crippen molar-refractivity contribution >= 4 is 33.2 Å². The standard InChI is InChI=1S/C24H19FN2O4S/c1-32(30,31)26-22(28)16-5-4-6-18(13-16)27-21-8-3-2-7-19(21)24(23(27)29)14-20(24)15-9-11-17(25)12-10-15/h2-13,20H,14H2,1H3,(H,26,28)/t20-,24-/m1/s1. The zero-order valence-corrected chi connectivity index (χ0v) is 17.9. The SMILES string of the molecule is CS(=O)(=O)NC(=O)c1cccc(N2C(=O)[C@]3(C[C@@H]3c3ccc(F)cc3)c3ccccc32)c1. The Morgan fingerprint density at radius 3 is 2.50 bits per heavy atom. The van der Waals surface area contributed by atoms with Crippen LogP contribution >= 0.6 is 0 Å². The van der Waals surface area contributed by atoms with E-state index in [9.17, 15) is 22.4 Å². The van der Waals surface area contributed by atoms with Crippen molar-refractivity contribution in [2.75, 3.05) is 11.2 Å². The predicted molar refractivity (Wildman–Crippen MR) is 118 cm³/mol. The van der Waals surface area contributed by atoms with Crippen LogP contribution in [0.4, 0.5) is 15.8 Å². The molecule has 1 N–H and O–H groups in total. The molecule has 8 heteroatoms. The molecule has 1 saturated carbocycles. The van der Waals surface area contributed by atoms with Gasteiger partial charge in [-0.25, -0.2) is 17.5 Å². The molecular formula is C24H19FN2O4S. The maximum Gasteiger partial charge on any atom is 0.264 e. The van der Waals surface area contributed by atoms with Crippen LogP contribution in [-0.2, 0) is 20.2 Å². The summed E-state index contributed by atoms with van der Waals surface area (Å²) in [6.07, 6.45) is 1.51. The summed E-state index contributed by atoms with van der Waals surface area (Å²) in [7, 11) is -3.72. The molecular weight excluding hydrogens is 431 g/mol. The molecule has 3 aromatic rings. The minimum Gasteiger partial charge on any atom is -0.280 e. The lowest BCUT2D eigenvalue weighted by Crippen LogP contribution is -2.31. The number of nitrogens with zero attached hydrogens (tertiary/aromatic N) is 1. The number of anilines is 2. The molecule has 0 unspecified atom stereocenters. The molecule has 1 aliphatic heterocycles. The van der Waals surface area contributed by atoms with Gasteiger partial charge in [0.25, 0.3) is 5.91 Å². The van der Waals surface area contributed by atoms with E-state index in [2.05, 4.69) is 0 Å². The van der Waals surface area contributed by atoms with Gasteiger partial charge in [-0.2, -0.15) is 0 Å². The molecule has 32 heavy (non-hydrogen) atoms. The van der Waals surface area contributed by atoms with Gasteiger partial charge >= 0.3 is 0 Å². The van der Waals surface area contributed by atoms with Gasteiger partial charge in [-0.15, -0.1) is 0 Å². The van der Waals surface area contributed by atoms with Crippen molar-refractivity contribution in [3.05, 3.63) is 95.3 Å². The lowest BCUT2D eigenvalue weighted by molar-refractivity contribution is -0.119. The first-order valence-corrected chi connectivity index (χ1v) is 11.9. The summed E-state index contributed by atoms with van der Waals surface area (Å²) < 4.78 is 38.2. The smallest absolute Gasteiger partial charge is 0.264 e. The Bertz CT molecular complexity index is 1370. The van der Waals surface area contributed by atoms with Crippen molar-refractivity contribution in [3.63, 3.8) is 0 Å². The fraction of sp³-hybridized carbons (Fsp3) is 0.167. The van der Waals surface area contributed by atoms with E-state index < -0.39 is 21.3 Å². The lowest BCUT2D eigenvalue weighted by atomic mass is 9.92. The summed E-state index contributed by atoms with van der Waals surface area (Å²) in [5, 5.41) is 0. The minimum absolute atomic E-state index is 0.0709. The predicted octanol–water partition coefficient (Wildman–Crippen LogP) is 3.62. The van der Waals surface area contributed by atoms with Gasteiger partial charge < -0.3 is 0 Å². The molecule has 6 nitrogen and oxygen atoms in total. The van der Waals surface area contributed by atoms with E-state index in [-0.39, 0.29) is 23.2 Å². The average Bonchev–Trinajstić information content (AvgIpc) is 3.45. The number of carbonyl (C=O) groups excluding carboxylic acids is 2. The fourth-order valence-electron chi connectivity index (χ4n) is 4.63. The molecule has 2 aliphatic rings. The third kappa shape index (κ3) is 3.18. The molecule has 1 spiro atoms. The Morgan fingerprint density at radius 1 is 1.06 bits per heavy atom. The second kappa shape index (κ2) is 7.00. The number of para-hydroxylation sites is 1. The summed E-state index contributed by atoms with van der Waals surface area (Å²) >= 11 is 0. The number of sulfonamides is 1. The van der Waals surface area contributed by atoms with Gasteiger partial charge in [0.2, 0.25) is 15.9 Å². The van der Waals surface area contributed by atoms with Gasteiger partial charge in [-0.3, -0.25) is 14.5 Å². The zero-order valence-electron chi connectivity index (χ0n) is 17.1. The molecule has 0 saturated heterocycles. The van der Waals surface area contributed by atoms with E-state index >= 15 is 0 Å². The topological polar surface area (TPSA) is 83.6 Å². The molecule has 162 valence electrons. The van der Waals surface area contributed by atoms with Gasteiger partial charge in [-0.05, 0) is 53.9 Å². The molecule has 5 rings (SSSR count). The Kier molecular flexibility index (Phi) is 4.46. The van der Waals surface area contributed by atoms with Crippen molar-refractivity contribution in [2.45, 2.75) is 17.8 Å². The number of benzene rings is 3. The Labute approximate surface area is 184 Å². The van der Waals surface area contributed by atoms with E-state index in [0.29, 0.717) is 12.1 Å². The number of nitrogens with one attached hydrogen (secondary N) is 1. The van der Waals surface area contributed by atoms with Crippen LogP contribution in [0.3, 0.4) is 0 Å². The third-order valence-corrected chi connectivity index (χ3v) is 6.64. The van der Waals surface area contributed by atoms with Gasteiger partial charge in [0, 0.05) is 17.2 Å². The van der Waals surface area contributed by atoms with Gasteiger partial charge in [0.1, 0.15) is 5.82 Å². The highest BCUT2D eigenvalue weighted by Gasteiger charge is 2.67. The van der Waals surface area contributed by atoms with Crippen molar-refractivity contribution in [2.24, 2.45) is 0 Å². The highest BCUT2D eigenvalue weighted by Crippen LogP contribution is 2.67. The van der Waals surface area contributed by atoms with E-state index in [1.165, 1.54) is 24.3 Å². The van der Waals surface area contributed by atoms with Crippen molar-refractivity contribution in [1.82, 2.24) is 4.72 Å². The van der Waals surface area contributed by atoms with Gasteiger partial charge in [0.15, 0.2) is 0 Å². The maximum absolute atomic E-state index is 13.8. The minimum atomic E-state index is -3.72. The summed E-state index contributed by atoms with van der Waals surface area (Å²) in [4.78, 5) is 27.7. The Hall–Kier alpha value is -3.52. The van der Waals surface area contributed by atoms with Gasteiger partial charge in [0.05, 0.1) is 17.4 Å². The van der Waals surface area contributed by atoms with E-state index in [0.717, 1.165) is 23.1 Å². The zero-order chi connectivity index (χ0) is 22.7. The van der Waals surface area contributed by atoms with Crippen molar-refractivity contribution < 1.29 is 22.4 Å². The number of hydrogen-bond donors (Lipinski definition) is 1. The number of carbonyl (C=O) groups is 2. The number of hydrogen-bond acceptors (Lipinski definition) is 4. The second-order valence-electron chi connectivity index (χ2n) is 8.19. The van der Waals surface area contributed by atoms with Crippen LogP contribution < -0.4 is 9.62 Å². The van der Waals surface area contributed by atoms with Crippen LogP contribution in [0.15, 0.2) is 72.8 Å². The first-order chi connectivity index (χ1) is 15.2. The van der Waals surface area contributed by atoms with E-state index in [1.807, 2.05) is 29.0 Å². The van der Waals surface area contributed by atoms with Gasteiger partial charge in [-0.1, -0.05) is 36.4 Å². The Morgan fingerprint density at radius 2 is 1.78 bits per heavy atom. The number of fused-ring (bicyclic) bond motifs is 2. The maximum atomic E-state index is 13.8. The molecule has 1 fully saturated rings. The molecule has 3 aromatic carbocycles. The van der Waals surface area contributed by atoms with Crippen molar-refractivity contribution in [3.8, 4) is 0 Å². The van der Waals surface area contributed by atoms with E-state index in [1.54, 1.807) is 29.2 Å². The molecule has 2 atom stereocenters. The molecule has 0 aromatic heterocycles. The molecule has 1 heterocycles. The monoisotopic (exact) mass is 450 g/mol. The number of rotatable bonds is 4. The van der Waals surface area contributed by atoms with Crippen LogP contribution in [0, 0.1) is 5.82 Å². The van der Waals surface area contributed by atoms with E-state index in [4.69, 9.17) is 0 Å². The fourth-order valence-corrected chi connectivity index (χ4v) is 5.09.